The second-order valence-electron chi connectivity index (χ2n) is 8.97. The predicted molar refractivity (Wildman–Crippen MR) is 150 cm³/mol. The summed E-state index contributed by atoms with van der Waals surface area (Å²) in [6, 6.07) is 1.10. The minimum absolute atomic E-state index is 0.846. The zero-order chi connectivity index (χ0) is 22.8. The summed E-state index contributed by atoms with van der Waals surface area (Å²) >= 11 is 0. The van der Waals surface area contributed by atoms with Gasteiger partial charge < -0.3 is 24.7 Å². The first-order chi connectivity index (χ1) is 15.9. The molecule has 1 aliphatic rings. The van der Waals surface area contributed by atoms with Gasteiger partial charge in [0.2, 0.25) is 0 Å². The Labute approximate surface area is 212 Å². The molecule has 0 amide bonds. The molecule has 6 nitrogen and oxygen atoms in total. The van der Waals surface area contributed by atoms with Crippen molar-refractivity contribution in [3.8, 4) is 0 Å². The number of hydrogen-bond acceptors (Lipinski definition) is 6. The third-order valence-corrected chi connectivity index (χ3v) is 16.2. The smallest absolute Gasteiger partial charge is 0.303 e. The molecule has 1 fully saturated rings. The first-order valence-corrected chi connectivity index (χ1v) is 21.0. The minimum atomic E-state index is -1.56. The molecule has 0 aromatic rings. The Bertz CT molecular complexity index is 363. The van der Waals surface area contributed by atoms with Crippen molar-refractivity contribution in [2.45, 2.75) is 129 Å². The van der Waals surface area contributed by atoms with Crippen molar-refractivity contribution in [2.24, 2.45) is 0 Å². The lowest BCUT2D eigenvalue weighted by Crippen LogP contribution is -2.31. The molecule has 0 unspecified atom stereocenters. The SMILES string of the molecule is CCCCCCCCCCCCCCCCCCCC[SiH]1O[SiH2]O[SiH2]O[SiH2]O[SiH2]O[SiH2]O1. The lowest BCUT2D eigenvalue weighted by atomic mass is 10.0. The van der Waals surface area contributed by atoms with Crippen molar-refractivity contribution in [1.82, 2.24) is 0 Å². The van der Waals surface area contributed by atoms with Crippen LogP contribution in [0.2, 0.25) is 6.04 Å². The van der Waals surface area contributed by atoms with E-state index in [0.717, 1.165) is 6.04 Å². The normalized spacial score (nSPS) is 22.6. The minimum Gasteiger partial charge on any atom is -0.425 e. The highest BCUT2D eigenvalue weighted by Crippen LogP contribution is 2.15. The van der Waals surface area contributed by atoms with E-state index in [4.69, 9.17) is 24.7 Å². The maximum Gasteiger partial charge on any atom is 0.303 e. The topological polar surface area (TPSA) is 55.4 Å². The molecule has 0 aromatic carbocycles. The van der Waals surface area contributed by atoms with Crippen LogP contribution in [0.1, 0.15) is 122 Å². The van der Waals surface area contributed by atoms with Gasteiger partial charge in [-0.2, -0.15) is 0 Å². The van der Waals surface area contributed by atoms with Gasteiger partial charge in [0.15, 0.2) is 0 Å². The fraction of sp³-hybridized carbons (Fsp3) is 1.00. The Morgan fingerprint density at radius 3 is 1.09 bits per heavy atom. The molecule has 0 aromatic heterocycles. The van der Waals surface area contributed by atoms with Gasteiger partial charge in [-0.15, -0.1) is 0 Å². The third kappa shape index (κ3) is 22.8. The quantitative estimate of drug-likeness (QED) is 0.180. The summed E-state index contributed by atoms with van der Waals surface area (Å²) in [5.41, 5.74) is 0. The number of rotatable bonds is 19. The molecule has 12 heteroatoms. The van der Waals surface area contributed by atoms with Crippen LogP contribution in [0.3, 0.4) is 0 Å². The summed E-state index contributed by atoms with van der Waals surface area (Å²) in [7, 11) is -5.97. The van der Waals surface area contributed by atoms with Crippen molar-refractivity contribution in [3.63, 3.8) is 0 Å². The monoisotopic (exact) mass is 556 g/mol. The second kappa shape index (κ2) is 26.7. The lowest BCUT2D eigenvalue weighted by Gasteiger charge is -2.18. The van der Waals surface area contributed by atoms with E-state index in [1.54, 1.807) is 0 Å². The Kier molecular flexibility index (Phi) is 25.9. The average molecular weight is 557 g/mol. The molecule has 32 heavy (non-hydrogen) atoms. The average Bonchev–Trinajstić information content (AvgIpc) is 2.79. The Balaban J connectivity index is 1.80. The first kappa shape index (κ1) is 31.1. The molecule has 0 N–H and O–H groups in total. The number of unbranched alkanes of at least 4 members (excludes halogenated alkanes) is 17. The molecule has 0 radical (unpaired) electrons. The van der Waals surface area contributed by atoms with E-state index in [1.807, 2.05) is 0 Å². The highest BCUT2D eigenvalue weighted by molar-refractivity contribution is 6.59. The third-order valence-electron chi connectivity index (χ3n) is 5.97. The zero-order valence-electron chi connectivity index (χ0n) is 21.0. The molecular weight excluding hydrogens is 505 g/mol. The number of hydrogen-bond donors (Lipinski definition) is 0. The maximum atomic E-state index is 5.98. The van der Waals surface area contributed by atoms with Gasteiger partial charge in [-0.05, 0) is 6.04 Å². The van der Waals surface area contributed by atoms with Crippen LogP contribution in [0.15, 0.2) is 0 Å². The van der Waals surface area contributed by atoms with Crippen molar-refractivity contribution >= 4 is 59.3 Å². The van der Waals surface area contributed by atoms with Crippen LogP contribution in [0.25, 0.3) is 0 Å². The van der Waals surface area contributed by atoms with E-state index in [2.05, 4.69) is 6.92 Å². The highest BCUT2D eigenvalue weighted by Gasteiger charge is 2.14. The molecule has 1 heterocycles. The van der Waals surface area contributed by atoms with Crippen molar-refractivity contribution in [2.75, 3.05) is 0 Å². The molecule has 0 bridgehead atoms. The van der Waals surface area contributed by atoms with Crippen LogP contribution in [-0.2, 0) is 24.7 Å². The van der Waals surface area contributed by atoms with Crippen molar-refractivity contribution < 1.29 is 24.7 Å². The second-order valence-corrected chi connectivity index (χ2v) is 20.8. The van der Waals surface area contributed by atoms with Gasteiger partial charge in [-0.3, -0.25) is 0 Å². The molecule has 1 aliphatic heterocycles. The van der Waals surface area contributed by atoms with Gasteiger partial charge in [0.1, 0.15) is 0 Å². The van der Waals surface area contributed by atoms with Crippen LogP contribution in [0, 0.1) is 0 Å². The molecule has 1 rings (SSSR count). The first-order valence-electron chi connectivity index (χ1n) is 13.5. The summed E-state index contributed by atoms with van der Waals surface area (Å²) in [6.45, 7) is 2.29. The summed E-state index contributed by atoms with van der Waals surface area (Å²) < 4.78 is 34.1. The molecular formula is C20H52O6Si6. The largest absolute Gasteiger partial charge is 0.425 e. The van der Waals surface area contributed by atoms with E-state index in [9.17, 15) is 0 Å². The standard InChI is InChI=1S/C20H52O6Si6/c1-2-3-4-5-6-7-8-9-10-11-12-13-14-15-16-17-18-19-20-32-25-30-23-28-21-27-22-29-24-31-26-32/h32H,2-20,27-31H2,1H3. The van der Waals surface area contributed by atoms with E-state index in [-0.39, 0.29) is 0 Å². The van der Waals surface area contributed by atoms with Crippen LogP contribution < -0.4 is 0 Å². The predicted octanol–water partition coefficient (Wildman–Crippen LogP) is 2.36. The van der Waals surface area contributed by atoms with Crippen molar-refractivity contribution in [3.05, 3.63) is 0 Å². The van der Waals surface area contributed by atoms with Crippen LogP contribution in [-0.4, -0.2) is 59.3 Å². The Hall–Kier alpha value is 1.06. The summed E-state index contributed by atoms with van der Waals surface area (Å²) in [4.78, 5) is 0. The van der Waals surface area contributed by atoms with Gasteiger partial charge in [0.25, 0.3) is 50.0 Å². The van der Waals surface area contributed by atoms with Crippen molar-refractivity contribution in [1.29, 1.82) is 0 Å². The highest BCUT2D eigenvalue weighted by atomic mass is 28.4. The summed E-state index contributed by atoms with van der Waals surface area (Å²) in [6.07, 6.45) is 25.4. The van der Waals surface area contributed by atoms with E-state index in [1.165, 1.54) is 116 Å². The molecule has 0 aliphatic carbocycles. The van der Waals surface area contributed by atoms with Gasteiger partial charge in [-0.1, -0.05) is 122 Å². The molecule has 1 saturated heterocycles. The van der Waals surface area contributed by atoms with Gasteiger partial charge >= 0.3 is 9.28 Å². The van der Waals surface area contributed by atoms with Crippen LogP contribution in [0.4, 0.5) is 0 Å². The fourth-order valence-electron chi connectivity index (χ4n) is 3.99. The Morgan fingerprint density at radius 2 is 0.719 bits per heavy atom. The summed E-state index contributed by atoms with van der Waals surface area (Å²) in [5.74, 6) is 0. The molecule has 0 spiro atoms. The van der Waals surface area contributed by atoms with Gasteiger partial charge in [0.05, 0.1) is 0 Å². The maximum absolute atomic E-state index is 5.98. The lowest BCUT2D eigenvalue weighted by molar-refractivity contribution is 0.333. The molecule has 0 atom stereocenters. The van der Waals surface area contributed by atoms with Gasteiger partial charge in [-0.25, -0.2) is 0 Å². The Morgan fingerprint density at radius 1 is 0.406 bits per heavy atom. The van der Waals surface area contributed by atoms with E-state index in [0.29, 0.717) is 0 Å². The fourth-order valence-corrected chi connectivity index (χ4v) is 16.6. The van der Waals surface area contributed by atoms with Crippen LogP contribution in [0.5, 0.6) is 0 Å². The van der Waals surface area contributed by atoms with E-state index < -0.39 is 59.3 Å². The summed E-state index contributed by atoms with van der Waals surface area (Å²) in [5, 5.41) is 0. The van der Waals surface area contributed by atoms with E-state index >= 15 is 0 Å². The van der Waals surface area contributed by atoms with Crippen LogP contribution >= 0.6 is 0 Å². The molecule has 192 valence electrons. The zero-order valence-corrected chi connectivity index (χ0v) is 29.2. The molecule has 0 saturated carbocycles. The van der Waals surface area contributed by atoms with Gasteiger partial charge in [0, 0.05) is 0 Å².